The topological polar surface area (TPSA) is 110 Å². The largest absolute Gasteiger partial charge is 0.340 e. The number of hydrogen-bond donors (Lipinski definition) is 2. The monoisotopic (exact) mass is 502 g/mol. The molecule has 0 atom stereocenters. The van der Waals surface area contributed by atoms with E-state index < -0.39 is 10.0 Å². The highest BCUT2D eigenvalue weighted by Crippen LogP contribution is 2.28. The van der Waals surface area contributed by atoms with Crippen molar-refractivity contribution in [3.63, 3.8) is 0 Å². The maximum atomic E-state index is 12.7. The second kappa shape index (κ2) is 9.28. The van der Waals surface area contributed by atoms with Gasteiger partial charge in [0.15, 0.2) is 5.82 Å². The van der Waals surface area contributed by atoms with E-state index in [1.807, 2.05) is 36.4 Å². The number of hydrogen-bond acceptors (Lipinski definition) is 7. The van der Waals surface area contributed by atoms with Crippen molar-refractivity contribution in [3.05, 3.63) is 95.8 Å². The highest BCUT2D eigenvalue weighted by Gasteiger charge is 2.16. The van der Waals surface area contributed by atoms with Crippen LogP contribution in [0.3, 0.4) is 0 Å². The van der Waals surface area contributed by atoms with Crippen LogP contribution in [0.4, 0.5) is 17.5 Å². The molecule has 0 bridgehead atoms. The molecule has 8 nitrogen and oxygen atoms in total. The van der Waals surface area contributed by atoms with Crippen LogP contribution in [0.2, 0.25) is 5.02 Å². The van der Waals surface area contributed by atoms with Crippen molar-refractivity contribution in [2.24, 2.45) is 0 Å². The minimum atomic E-state index is -3.84. The van der Waals surface area contributed by atoms with E-state index in [4.69, 9.17) is 16.6 Å². The summed E-state index contributed by atoms with van der Waals surface area (Å²) in [5.74, 6) is 1.17. The first-order chi connectivity index (χ1) is 16.9. The van der Waals surface area contributed by atoms with Crippen LogP contribution < -0.4 is 10.0 Å². The third-order valence-electron chi connectivity index (χ3n) is 5.15. The molecule has 0 aliphatic rings. The summed E-state index contributed by atoms with van der Waals surface area (Å²) in [4.78, 5) is 17.5. The fraction of sp³-hybridized carbons (Fsp3) is 0.0400. The van der Waals surface area contributed by atoms with Gasteiger partial charge in [0, 0.05) is 33.6 Å². The molecule has 2 aromatic heterocycles. The van der Waals surface area contributed by atoms with Gasteiger partial charge in [-0.1, -0.05) is 23.7 Å². The molecule has 35 heavy (non-hydrogen) atoms. The first kappa shape index (κ1) is 22.7. The van der Waals surface area contributed by atoms with Crippen molar-refractivity contribution in [2.75, 3.05) is 10.0 Å². The first-order valence-electron chi connectivity index (χ1n) is 10.6. The van der Waals surface area contributed by atoms with Crippen molar-refractivity contribution >= 4 is 50.0 Å². The molecule has 0 saturated heterocycles. The van der Waals surface area contributed by atoms with E-state index in [0.717, 1.165) is 16.5 Å². The number of nitrogens with one attached hydrogen (secondary N) is 2. The minimum Gasteiger partial charge on any atom is -0.340 e. The number of benzene rings is 3. The summed E-state index contributed by atoms with van der Waals surface area (Å²) < 4.78 is 27.9. The minimum absolute atomic E-state index is 0.0226. The molecular formula is C25H19ClN6O2S. The molecule has 5 rings (SSSR count). The van der Waals surface area contributed by atoms with E-state index in [1.165, 1.54) is 18.3 Å². The highest BCUT2D eigenvalue weighted by molar-refractivity contribution is 7.92. The van der Waals surface area contributed by atoms with Gasteiger partial charge >= 0.3 is 0 Å². The molecule has 0 fully saturated rings. The second-order valence-electron chi connectivity index (χ2n) is 7.70. The Morgan fingerprint density at radius 3 is 2.31 bits per heavy atom. The SMILES string of the molecule is Cc1ccnc(NS(=O)(=O)c2ccc(Nc3nc(-c4ccc(Cl)cc4)nc4ccccc34)cc2)n1. The Hall–Kier alpha value is -4.08. The lowest BCUT2D eigenvalue weighted by Gasteiger charge is -2.12. The smallest absolute Gasteiger partial charge is 0.264 e. The van der Waals surface area contributed by atoms with Crippen LogP contribution in [0, 0.1) is 6.92 Å². The molecule has 3 aromatic carbocycles. The van der Waals surface area contributed by atoms with Gasteiger partial charge in [0.2, 0.25) is 5.95 Å². The predicted octanol–water partition coefficient (Wildman–Crippen LogP) is 5.59. The van der Waals surface area contributed by atoms with Crippen LogP contribution in [0.5, 0.6) is 0 Å². The summed E-state index contributed by atoms with van der Waals surface area (Å²) in [6.07, 6.45) is 1.50. The van der Waals surface area contributed by atoms with Crippen LogP contribution in [0.15, 0.2) is 90.0 Å². The third kappa shape index (κ3) is 5.06. The fourth-order valence-corrected chi connectivity index (χ4v) is 4.51. The van der Waals surface area contributed by atoms with Gasteiger partial charge in [-0.05, 0) is 73.7 Å². The van der Waals surface area contributed by atoms with Gasteiger partial charge in [-0.3, -0.25) is 0 Å². The summed E-state index contributed by atoms with van der Waals surface area (Å²) in [6.45, 7) is 1.76. The number of aryl methyl sites for hydroxylation is 1. The number of para-hydroxylation sites is 1. The number of rotatable bonds is 6. The van der Waals surface area contributed by atoms with Crippen molar-refractivity contribution in [3.8, 4) is 11.4 Å². The summed E-state index contributed by atoms with van der Waals surface area (Å²) in [5.41, 5.74) is 2.93. The van der Waals surface area contributed by atoms with Crippen LogP contribution in [0.25, 0.3) is 22.3 Å². The summed E-state index contributed by atoms with van der Waals surface area (Å²) in [7, 11) is -3.84. The van der Waals surface area contributed by atoms with E-state index in [9.17, 15) is 8.42 Å². The van der Waals surface area contributed by atoms with Crippen molar-refractivity contribution in [1.29, 1.82) is 0 Å². The molecule has 0 aliphatic carbocycles. The standard InChI is InChI=1S/C25H19ClN6O2S/c1-16-14-15-27-25(28-16)32-35(33,34)20-12-10-19(11-13-20)29-24-21-4-2-3-5-22(21)30-23(31-24)17-6-8-18(26)9-7-17/h2-15H,1H3,(H,27,28,32)(H,29,30,31). The van der Waals surface area contributed by atoms with Crippen molar-refractivity contribution < 1.29 is 8.42 Å². The second-order valence-corrected chi connectivity index (χ2v) is 9.82. The maximum Gasteiger partial charge on any atom is 0.264 e. The molecule has 0 saturated carbocycles. The molecule has 0 spiro atoms. The number of nitrogens with zero attached hydrogens (tertiary/aromatic N) is 4. The van der Waals surface area contributed by atoms with Crippen LogP contribution in [-0.2, 0) is 10.0 Å². The van der Waals surface area contributed by atoms with E-state index in [0.29, 0.717) is 28.0 Å². The molecule has 10 heteroatoms. The quantitative estimate of drug-likeness (QED) is 0.311. The summed E-state index contributed by atoms with van der Waals surface area (Å²) in [6, 6.07) is 23.0. The van der Waals surface area contributed by atoms with Crippen molar-refractivity contribution in [1.82, 2.24) is 19.9 Å². The van der Waals surface area contributed by atoms with Crippen LogP contribution >= 0.6 is 11.6 Å². The lowest BCUT2D eigenvalue weighted by atomic mass is 10.2. The Morgan fingerprint density at radius 1 is 0.829 bits per heavy atom. The zero-order valence-corrected chi connectivity index (χ0v) is 20.0. The third-order valence-corrected chi connectivity index (χ3v) is 6.75. The Morgan fingerprint density at radius 2 is 1.57 bits per heavy atom. The highest BCUT2D eigenvalue weighted by atomic mass is 35.5. The van der Waals surface area contributed by atoms with E-state index >= 15 is 0 Å². The molecule has 2 N–H and O–H groups in total. The van der Waals surface area contributed by atoms with E-state index in [-0.39, 0.29) is 10.8 Å². The zero-order valence-electron chi connectivity index (χ0n) is 18.5. The van der Waals surface area contributed by atoms with Gasteiger partial charge in [0.25, 0.3) is 10.0 Å². The molecule has 5 aromatic rings. The van der Waals surface area contributed by atoms with E-state index in [2.05, 4.69) is 25.0 Å². The number of halogens is 1. The molecule has 2 heterocycles. The number of sulfonamides is 1. The average Bonchev–Trinajstić information content (AvgIpc) is 2.84. The molecule has 0 radical (unpaired) electrons. The Kier molecular flexibility index (Phi) is 6.02. The zero-order chi connectivity index (χ0) is 24.4. The molecular weight excluding hydrogens is 484 g/mol. The normalized spacial score (nSPS) is 11.4. The molecule has 0 aliphatic heterocycles. The van der Waals surface area contributed by atoms with Gasteiger partial charge in [-0.15, -0.1) is 0 Å². The fourth-order valence-electron chi connectivity index (χ4n) is 3.43. The van der Waals surface area contributed by atoms with Gasteiger partial charge in [0.05, 0.1) is 10.4 Å². The Balaban J connectivity index is 1.44. The Labute approximate surface area is 207 Å². The van der Waals surface area contributed by atoms with E-state index in [1.54, 1.807) is 37.3 Å². The van der Waals surface area contributed by atoms with Crippen LogP contribution in [-0.4, -0.2) is 28.4 Å². The lowest BCUT2D eigenvalue weighted by Crippen LogP contribution is -2.15. The first-order valence-corrected chi connectivity index (χ1v) is 12.5. The molecule has 174 valence electrons. The van der Waals surface area contributed by atoms with Gasteiger partial charge < -0.3 is 5.32 Å². The average molecular weight is 503 g/mol. The van der Waals surface area contributed by atoms with Gasteiger partial charge in [0.1, 0.15) is 5.82 Å². The van der Waals surface area contributed by atoms with Gasteiger partial charge in [-0.25, -0.2) is 33.1 Å². The summed E-state index contributed by atoms with van der Waals surface area (Å²) >= 11 is 6.02. The number of fused-ring (bicyclic) bond motifs is 1. The Bertz CT molecular complexity index is 1630. The molecule has 0 unspecified atom stereocenters. The molecule has 0 amide bonds. The maximum absolute atomic E-state index is 12.7. The lowest BCUT2D eigenvalue weighted by molar-refractivity contribution is 0.601. The van der Waals surface area contributed by atoms with Gasteiger partial charge in [-0.2, -0.15) is 0 Å². The van der Waals surface area contributed by atoms with Crippen molar-refractivity contribution in [2.45, 2.75) is 11.8 Å². The number of anilines is 3. The predicted molar refractivity (Wildman–Crippen MR) is 137 cm³/mol. The number of aromatic nitrogens is 4. The van der Waals surface area contributed by atoms with Crippen LogP contribution in [0.1, 0.15) is 5.69 Å². The summed E-state index contributed by atoms with van der Waals surface area (Å²) in [5, 5.41) is 4.75.